The lowest BCUT2D eigenvalue weighted by molar-refractivity contribution is 0.0698. The first kappa shape index (κ1) is 15.0. The van der Waals surface area contributed by atoms with E-state index in [1.165, 1.54) is 6.07 Å². The second-order valence-electron chi connectivity index (χ2n) is 4.71. The van der Waals surface area contributed by atoms with E-state index in [-0.39, 0.29) is 17.6 Å². The van der Waals surface area contributed by atoms with Crippen LogP contribution in [0, 0.1) is 5.92 Å². The molecule has 0 saturated carbocycles. The molecule has 0 spiro atoms. The number of carboxylic acids is 1. The van der Waals surface area contributed by atoms with Gasteiger partial charge in [-0.05, 0) is 24.5 Å². The number of hydrogen-bond acceptors (Lipinski definition) is 2. The Labute approximate surface area is 113 Å². The van der Waals surface area contributed by atoms with Crippen molar-refractivity contribution in [2.24, 2.45) is 5.92 Å². The summed E-state index contributed by atoms with van der Waals surface area (Å²) < 4.78 is 0. The monoisotopic (exact) mass is 264 g/mol. The highest BCUT2D eigenvalue weighted by molar-refractivity contribution is 5.99. The molecular weight excluding hydrogens is 244 g/mol. The number of carbonyl (C=O) groups excluding carboxylic acids is 1. The fourth-order valence-electron chi connectivity index (χ4n) is 1.85. The van der Waals surface area contributed by atoms with E-state index in [0.717, 1.165) is 6.42 Å². The van der Waals surface area contributed by atoms with Gasteiger partial charge in [0.15, 0.2) is 0 Å². The third-order valence-corrected chi connectivity index (χ3v) is 2.97. The van der Waals surface area contributed by atoms with E-state index in [1.807, 2.05) is 20.8 Å². The Hall–Kier alpha value is -2.04. The molecule has 0 saturated heterocycles. The van der Waals surface area contributed by atoms with Crippen LogP contribution in [0.5, 0.6) is 0 Å². The van der Waals surface area contributed by atoms with Gasteiger partial charge in [-0.25, -0.2) is 9.59 Å². The van der Waals surface area contributed by atoms with E-state index in [2.05, 4.69) is 10.6 Å². The number of urea groups is 1. The van der Waals surface area contributed by atoms with Crippen molar-refractivity contribution < 1.29 is 14.7 Å². The Bertz CT molecular complexity index is 458. The molecule has 0 bridgehead atoms. The second kappa shape index (κ2) is 6.78. The molecule has 1 rings (SSSR count). The van der Waals surface area contributed by atoms with E-state index in [1.54, 1.807) is 18.2 Å². The maximum Gasteiger partial charge on any atom is 0.337 e. The third kappa shape index (κ3) is 4.28. The molecule has 0 aliphatic rings. The topological polar surface area (TPSA) is 78.4 Å². The van der Waals surface area contributed by atoms with Gasteiger partial charge in [0.1, 0.15) is 0 Å². The lowest BCUT2D eigenvalue weighted by atomic mass is 10.0. The predicted octanol–water partition coefficient (Wildman–Crippen LogP) is 2.94. The highest BCUT2D eigenvalue weighted by atomic mass is 16.4. The minimum absolute atomic E-state index is 0.0667. The van der Waals surface area contributed by atoms with E-state index < -0.39 is 5.97 Å². The van der Waals surface area contributed by atoms with Crippen LogP contribution in [0.3, 0.4) is 0 Å². The molecule has 0 heterocycles. The van der Waals surface area contributed by atoms with E-state index in [9.17, 15) is 9.59 Å². The van der Waals surface area contributed by atoms with Crippen LogP contribution in [-0.4, -0.2) is 23.1 Å². The van der Waals surface area contributed by atoms with Gasteiger partial charge in [0, 0.05) is 6.04 Å². The number of carbonyl (C=O) groups is 2. The summed E-state index contributed by atoms with van der Waals surface area (Å²) in [4.78, 5) is 22.9. The van der Waals surface area contributed by atoms with E-state index >= 15 is 0 Å². The molecule has 1 aromatic rings. The Morgan fingerprint density at radius 2 is 1.89 bits per heavy atom. The zero-order valence-corrected chi connectivity index (χ0v) is 11.4. The first-order valence-electron chi connectivity index (χ1n) is 6.35. The standard InChI is InChI=1S/C14H20N2O3/c1-4-11(9(2)3)15-14(19)16-12-8-6-5-7-10(12)13(17)18/h5-9,11H,4H2,1-3H3,(H,17,18)(H2,15,16,19). The number of rotatable bonds is 5. The molecule has 1 aromatic carbocycles. The minimum atomic E-state index is -1.06. The molecule has 5 heteroatoms. The summed E-state index contributed by atoms with van der Waals surface area (Å²) in [6.07, 6.45) is 0.825. The van der Waals surface area contributed by atoms with Crippen LogP contribution in [0.4, 0.5) is 10.5 Å². The molecule has 3 N–H and O–H groups in total. The van der Waals surface area contributed by atoms with Crippen LogP contribution in [0.15, 0.2) is 24.3 Å². The number of hydrogen-bond donors (Lipinski definition) is 3. The molecular formula is C14H20N2O3. The first-order chi connectivity index (χ1) is 8.95. The molecule has 0 aromatic heterocycles. The molecule has 0 aliphatic carbocycles. The van der Waals surface area contributed by atoms with Crippen LogP contribution in [0.2, 0.25) is 0 Å². The Morgan fingerprint density at radius 1 is 1.26 bits per heavy atom. The van der Waals surface area contributed by atoms with Crippen molar-refractivity contribution >= 4 is 17.7 Å². The van der Waals surface area contributed by atoms with Gasteiger partial charge in [-0.1, -0.05) is 32.9 Å². The van der Waals surface area contributed by atoms with Gasteiger partial charge >= 0.3 is 12.0 Å². The summed E-state index contributed by atoms with van der Waals surface area (Å²) >= 11 is 0. The molecule has 5 nitrogen and oxygen atoms in total. The average Bonchev–Trinajstić information content (AvgIpc) is 2.35. The number of aromatic carboxylic acids is 1. The van der Waals surface area contributed by atoms with Gasteiger partial charge in [-0.2, -0.15) is 0 Å². The molecule has 19 heavy (non-hydrogen) atoms. The fourth-order valence-corrected chi connectivity index (χ4v) is 1.85. The summed E-state index contributed by atoms with van der Waals surface area (Å²) in [7, 11) is 0. The Morgan fingerprint density at radius 3 is 2.42 bits per heavy atom. The Balaban J connectivity index is 2.75. The lowest BCUT2D eigenvalue weighted by Gasteiger charge is -2.21. The van der Waals surface area contributed by atoms with Crippen molar-refractivity contribution in [1.29, 1.82) is 0 Å². The van der Waals surface area contributed by atoms with Crippen LogP contribution < -0.4 is 10.6 Å². The molecule has 0 fully saturated rings. The molecule has 2 amide bonds. The van der Waals surface area contributed by atoms with Gasteiger partial charge < -0.3 is 15.7 Å². The molecule has 0 radical (unpaired) electrons. The lowest BCUT2D eigenvalue weighted by Crippen LogP contribution is -2.40. The maximum absolute atomic E-state index is 11.8. The van der Waals surface area contributed by atoms with Crippen molar-refractivity contribution in [2.45, 2.75) is 33.2 Å². The zero-order valence-electron chi connectivity index (χ0n) is 11.4. The number of nitrogens with one attached hydrogen (secondary N) is 2. The third-order valence-electron chi connectivity index (χ3n) is 2.97. The summed E-state index contributed by atoms with van der Waals surface area (Å²) in [5, 5.41) is 14.4. The van der Waals surface area contributed by atoms with E-state index in [4.69, 9.17) is 5.11 Å². The van der Waals surface area contributed by atoms with Crippen molar-refractivity contribution in [3.05, 3.63) is 29.8 Å². The zero-order chi connectivity index (χ0) is 14.4. The number of benzene rings is 1. The summed E-state index contributed by atoms with van der Waals surface area (Å²) in [6.45, 7) is 6.05. The van der Waals surface area contributed by atoms with Gasteiger partial charge in [0.05, 0.1) is 11.3 Å². The smallest absolute Gasteiger partial charge is 0.337 e. The quantitative estimate of drug-likeness (QED) is 0.765. The molecule has 1 atom stereocenters. The van der Waals surface area contributed by atoms with Gasteiger partial charge in [-0.3, -0.25) is 0 Å². The molecule has 104 valence electrons. The molecule has 1 unspecified atom stereocenters. The Kier molecular flexibility index (Phi) is 5.36. The maximum atomic E-state index is 11.8. The summed E-state index contributed by atoms with van der Waals surface area (Å²) in [5.41, 5.74) is 0.376. The van der Waals surface area contributed by atoms with E-state index in [0.29, 0.717) is 11.6 Å². The summed E-state index contributed by atoms with van der Waals surface area (Å²) in [6, 6.07) is 6.01. The predicted molar refractivity (Wildman–Crippen MR) is 74.5 cm³/mol. The highest BCUT2D eigenvalue weighted by Gasteiger charge is 2.16. The van der Waals surface area contributed by atoms with Crippen molar-refractivity contribution in [1.82, 2.24) is 5.32 Å². The number of anilines is 1. The number of para-hydroxylation sites is 1. The second-order valence-corrected chi connectivity index (χ2v) is 4.71. The fraction of sp³-hybridized carbons (Fsp3) is 0.429. The normalized spacial score (nSPS) is 12.0. The first-order valence-corrected chi connectivity index (χ1v) is 6.35. The van der Waals surface area contributed by atoms with Crippen molar-refractivity contribution in [3.63, 3.8) is 0 Å². The van der Waals surface area contributed by atoms with Gasteiger partial charge in [0.25, 0.3) is 0 Å². The van der Waals surface area contributed by atoms with Gasteiger partial charge in [0.2, 0.25) is 0 Å². The van der Waals surface area contributed by atoms with Crippen LogP contribution in [0.1, 0.15) is 37.6 Å². The van der Waals surface area contributed by atoms with Crippen molar-refractivity contribution in [2.75, 3.05) is 5.32 Å². The van der Waals surface area contributed by atoms with Crippen molar-refractivity contribution in [3.8, 4) is 0 Å². The van der Waals surface area contributed by atoms with Crippen LogP contribution >= 0.6 is 0 Å². The SMILES string of the molecule is CCC(NC(=O)Nc1ccccc1C(=O)O)C(C)C. The minimum Gasteiger partial charge on any atom is -0.478 e. The highest BCUT2D eigenvalue weighted by Crippen LogP contribution is 2.15. The largest absolute Gasteiger partial charge is 0.478 e. The number of amides is 2. The number of carboxylic acid groups (broad SMARTS) is 1. The average molecular weight is 264 g/mol. The van der Waals surface area contributed by atoms with Crippen LogP contribution in [-0.2, 0) is 0 Å². The van der Waals surface area contributed by atoms with Crippen LogP contribution in [0.25, 0.3) is 0 Å². The van der Waals surface area contributed by atoms with Gasteiger partial charge in [-0.15, -0.1) is 0 Å². The molecule has 0 aliphatic heterocycles. The summed E-state index contributed by atoms with van der Waals surface area (Å²) in [5.74, 6) is -0.739.